The van der Waals surface area contributed by atoms with Crippen molar-refractivity contribution in [1.29, 1.82) is 0 Å². The van der Waals surface area contributed by atoms with Crippen LogP contribution in [0.5, 0.6) is 0 Å². The molecule has 26 heavy (non-hydrogen) atoms. The third-order valence-corrected chi connectivity index (χ3v) is 4.73. The van der Waals surface area contributed by atoms with Crippen LogP contribution < -0.4 is 4.90 Å². The normalized spacial score (nSPS) is 16.2. The Morgan fingerprint density at radius 3 is 2.38 bits per heavy atom. The highest BCUT2D eigenvalue weighted by Gasteiger charge is 2.45. The molecule has 3 aromatic carbocycles. The molecule has 0 aliphatic carbocycles. The van der Waals surface area contributed by atoms with Gasteiger partial charge in [-0.25, -0.2) is 4.79 Å². The molecule has 5 heteroatoms. The highest BCUT2D eigenvalue weighted by Crippen LogP contribution is 2.39. The second kappa shape index (κ2) is 5.95. The van der Waals surface area contributed by atoms with E-state index in [-0.39, 0.29) is 12.5 Å². The van der Waals surface area contributed by atoms with Crippen LogP contribution in [0.3, 0.4) is 0 Å². The van der Waals surface area contributed by atoms with Gasteiger partial charge in [-0.05, 0) is 46.7 Å². The molecule has 3 aromatic rings. The Morgan fingerprint density at radius 1 is 1.04 bits per heavy atom. The molecule has 0 bridgehead atoms. The van der Waals surface area contributed by atoms with Crippen molar-refractivity contribution in [3.8, 4) is 0 Å². The van der Waals surface area contributed by atoms with E-state index in [0.29, 0.717) is 11.3 Å². The molecule has 0 N–H and O–H groups in total. The van der Waals surface area contributed by atoms with E-state index in [0.717, 1.165) is 21.5 Å². The summed E-state index contributed by atoms with van der Waals surface area (Å²) in [5.74, 6) is -1.46. The minimum atomic E-state index is -1.25. The predicted octanol–water partition coefficient (Wildman–Crippen LogP) is 3.47. The number of rotatable bonds is 2. The third kappa shape index (κ3) is 2.28. The van der Waals surface area contributed by atoms with Gasteiger partial charge in [0.15, 0.2) is 11.8 Å². The second-order valence-electron chi connectivity index (χ2n) is 6.29. The monoisotopic (exact) mass is 347 g/mol. The van der Waals surface area contributed by atoms with Crippen molar-refractivity contribution in [3.63, 3.8) is 0 Å². The Morgan fingerprint density at radius 2 is 1.73 bits per heavy atom. The minimum Gasteiger partial charge on any atom is -0.464 e. The van der Waals surface area contributed by atoms with Gasteiger partial charge >= 0.3 is 5.97 Å². The maximum Gasteiger partial charge on any atom is 0.337 e. The molecule has 5 nitrogen and oxygen atoms in total. The Balaban J connectivity index is 1.99. The van der Waals surface area contributed by atoms with Crippen LogP contribution >= 0.6 is 0 Å². The average Bonchev–Trinajstić information content (AvgIpc) is 2.93. The summed E-state index contributed by atoms with van der Waals surface area (Å²) in [7, 11) is 0. The second-order valence-corrected chi connectivity index (χ2v) is 6.29. The molecule has 1 aliphatic heterocycles. The molecule has 1 aliphatic rings. The Kier molecular flexibility index (Phi) is 3.72. The molecule has 1 unspecified atom stereocenters. The third-order valence-electron chi connectivity index (χ3n) is 4.73. The maximum absolute atomic E-state index is 13.1. The first-order valence-corrected chi connectivity index (χ1v) is 8.49. The van der Waals surface area contributed by atoms with Crippen LogP contribution in [0.25, 0.3) is 21.5 Å². The van der Waals surface area contributed by atoms with Crippen molar-refractivity contribution in [2.24, 2.45) is 0 Å². The summed E-state index contributed by atoms with van der Waals surface area (Å²) in [5.41, 5.74) is 0.866. The molecule has 1 atom stereocenters. The number of benzene rings is 3. The van der Waals surface area contributed by atoms with Crippen LogP contribution in [0.1, 0.15) is 24.2 Å². The van der Waals surface area contributed by atoms with Gasteiger partial charge in [0, 0.05) is 6.92 Å². The summed E-state index contributed by atoms with van der Waals surface area (Å²) >= 11 is 0. The molecule has 1 amide bonds. The zero-order valence-electron chi connectivity index (χ0n) is 14.5. The molecule has 0 saturated carbocycles. The van der Waals surface area contributed by atoms with Crippen LogP contribution in [0.2, 0.25) is 0 Å². The van der Waals surface area contributed by atoms with Gasteiger partial charge in [-0.3, -0.25) is 14.5 Å². The fraction of sp³-hybridized carbons (Fsp3) is 0.190. The van der Waals surface area contributed by atoms with Gasteiger partial charge in [-0.1, -0.05) is 30.3 Å². The smallest absolute Gasteiger partial charge is 0.337 e. The molecule has 0 fully saturated rings. The Labute approximate surface area is 150 Å². The number of fused-ring (bicyclic) bond motifs is 4. The van der Waals surface area contributed by atoms with E-state index in [1.807, 2.05) is 42.5 Å². The van der Waals surface area contributed by atoms with Crippen LogP contribution in [0.15, 0.2) is 48.5 Å². The molecule has 0 radical (unpaired) electrons. The number of hydrogen-bond donors (Lipinski definition) is 0. The van der Waals surface area contributed by atoms with Crippen molar-refractivity contribution >= 4 is 44.9 Å². The number of carbonyl (C=O) groups excluding carboxylic acids is 3. The topological polar surface area (TPSA) is 63.7 Å². The number of ether oxygens (including phenoxy) is 1. The number of hydrogen-bond acceptors (Lipinski definition) is 4. The number of carbonyl (C=O) groups is 3. The quantitative estimate of drug-likeness (QED) is 0.404. The van der Waals surface area contributed by atoms with Crippen LogP contribution in [0.4, 0.5) is 5.69 Å². The average molecular weight is 347 g/mol. The summed E-state index contributed by atoms with van der Waals surface area (Å²) in [6.07, 6.45) is 0. The molecule has 1 heterocycles. The van der Waals surface area contributed by atoms with E-state index in [9.17, 15) is 14.4 Å². The lowest BCUT2D eigenvalue weighted by molar-refractivity contribution is -0.144. The SMILES string of the molecule is CCOC(=O)C1C(=O)c2c(ccc3cc4ccccc4cc23)N1C(C)=O. The summed E-state index contributed by atoms with van der Waals surface area (Å²) < 4.78 is 5.04. The minimum absolute atomic E-state index is 0.149. The molecule has 0 saturated heterocycles. The van der Waals surface area contributed by atoms with Crippen LogP contribution in [-0.4, -0.2) is 30.3 Å². The van der Waals surface area contributed by atoms with Crippen molar-refractivity contribution in [3.05, 3.63) is 54.1 Å². The Bertz CT molecular complexity index is 1090. The summed E-state index contributed by atoms with van der Waals surface area (Å²) in [6.45, 7) is 3.17. The predicted molar refractivity (Wildman–Crippen MR) is 99.4 cm³/mol. The highest BCUT2D eigenvalue weighted by molar-refractivity contribution is 6.30. The molecular formula is C21H17NO4. The van der Waals surface area contributed by atoms with Crippen molar-refractivity contribution in [1.82, 2.24) is 0 Å². The molecule has 0 aromatic heterocycles. The highest BCUT2D eigenvalue weighted by atomic mass is 16.5. The van der Waals surface area contributed by atoms with E-state index in [4.69, 9.17) is 4.74 Å². The van der Waals surface area contributed by atoms with Gasteiger partial charge in [0.25, 0.3) is 0 Å². The molecule has 130 valence electrons. The summed E-state index contributed by atoms with van der Waals surface area (Å²) in [5, 5.41) is 3.69. The first-order chi connectivity index (χ1) is 12.5. The van der Waals surface area contributed by atoms with E-state index in [1.54, 1.807) is 13.0 Å². The number of anilines is 1. The lowest BCUT2D eigenvalue weighted by Crippen LogP contribution is -2.45. The zero-order valence-corrected chi connectivity index (χ0v) is 14.5. The van der Waals surface area contributed by atoms with E-state index in [1.165, 1.54) is 11.8 Å². The standard InChI is InChI=1S/C21H17NO4/c1-3-26-21(25)19-20(24)18-16-11-14-7-5-4-6-13(14)10-15(16)8-9-17(18)22(19)12(2)23/h4-11,19H,3H2,1-2H3. The number of amides is 1. The lowest BCUT2D eigenvalue weighted by Gasteiger charge is -2.21. The fourth-order valence-electron chi connectivity index (χ4n) is 3.64. The van der Waals surface area contributed by atoms with Gasteiger partial charge < -0.3 is 4.74 Å². The first kappa shape index (κ1) is 16.3. The number of nitrogens with zero attached hydrogens (tertiary/aromatic N) is 1. The van der Waals surface area contributed by atoms with Crippen molar-refractivity contribution in [2.75, 3.05) is 11.5 Å². The largest absolute Gasteiger partial charge is 0.464 e. The van der Waals surface area contributed by atoms with Crippen molar-refractivity contribution < 1.29 is 19.1 Å². The molecule has 0 spiro atoms. The maximum atomic E-state index is 13.1. The molecular weight excluding hydrogens is 330 g/mol. The van der Waals surface area contributed by atoms with Crippen LogP contribution in [0, 0.1) is 0 Å². The van der Waals surface area contributed by atoms with Gasteiger partial charge in [-0.2, -0.15) is 0 Å². The number of Topliss-reactive ketones (excluding diaryl/α,β-unsaturated/α-hetero) is 1. The van der Waals surface area contributed by atoms with Gasteiger partial charge in [0.1, 0.15) is 0 Å². The van der Waals surface area contributed by atoms with Crippen molar-refractivity contribution in [2.45, 2.75) is 19.9 Å². The lowest BCUT2D eigenvalue weighted by atomic mass is 9.97. The number of ketones is 1. The number of esters is 1. The van der Waals surface area contributed by atoms with Gasteiger partial charge in [-0.15, -0.1) is 0 Å². The Hall–Kier alpha value is -3.21. The van der Waals surface area contributed by atoms with Crippen LogP contribution in [-0.2, 0) is 14.3 Å². The van der Waals surface area contributed by atoms with E-state index < -0.39 is 17.8 Å². The summed E-state index contributed by atoms with van der Waals surface area (Å²) in [4.78, 5) is 38.9. The first-order valence-electron chi connectivity index (χ1n) is 8.49. The van der Waals surface area contributed by atoms with Gasteiger partial charge in [0.2, 0.25) is 5.91 Å². The molecule has 4 rings (SSSR count). The zero-order chi connectivity index (χ0) is 18.4. The fourth-order valence-corrected chi connectivity index (χ4v) is 3.64. The van der Waals surface area contributed by atoms with E-state index in [2.05, 4.69) is 0 Å². The summed E-state index contributed by atoms with van der Waals surface area (Å²) in [6, 6.07) is 14.2. The van der Waals surface area contributed by atoms with E-state index >= 15 is 0 Å². The van der Waals surface area contributed by atoms with Gasteiger partial charge in [0.05, 0.1) is 17.9 Å².